The number of rotatable bonds is 7. The minimum atomic E-state index is -0.497. The van der Waals surface area contributed by atoms with Gasteiger partial charge in [-0.2, -0.15) is 9.61 Å². The van der Waals surface area contributed by atoms with Crippen molar-refractivity contribution in [3.63, 3.8) is 0 Å². The summed E-state index contributed by atoms with van der Waals surface area (Å²) in [7, 11) is 1.62. The van der Waals surface area contributed by atoms with Crippen LogP contribution in [0.1, 0.15) is 28.4 Å². The Kier molecular flexibility index (Phi) is 5.61. The highest BCUT2D eigenvalue weighted by Gasteiger charge is 2.20. The number of methoxy groups -OCH3 is 1. The van der Waals surface area contributed by atoms with Crippen LogP contribution < -0.4 is 10.1 Å². The molecule has 2 aromatic heterocycles. The van der Waals surface area contributed by atoms with Crippen molar-refractivity contribution in [1.29, 1.82) is 0 Å². The minimum absolute atomic E-state index is 0.223. The van der Waals surface area contributed by atoms with Gasteiger partial charge in [-0.25, -0.2) is 9.78 Å². The molecule has 0 radical (unpaired) electrons. The van der Waals surface area contributed by atoms with Crippen LogP contribution in [0, 0.1) is 0 Å². The molecule has 0 saturated carbocycles. The molecule has 0 atom stereocenters. The van der Waals surface area contributed by atoms with Gasteiger partial charge in [-0.05, 0) is 24.6 Å². The van der Waals surface area contributed by atoms with Crippen molar-refractivity contribution in [2.45, 2.75) is 13.5 Å². The molecule has 0 spiro atoms. The van der Waals surface area contributed by atoms with E-state index >= 15 is 0 Å². The number of ether oxygens (including phenoxy) is 2. The van der Waals surface area contributed by atoms with Crippen molar-refractivity contribution in [3.8, 4) is 5.75 Å². The van der Waals surface area contributed by atoms with Gasteiger partial charge in [-0.15, -0.1) is 0 Å². The molecule has 0 bridgehead atoms. The van der Waals surface area contributed by atoms with Gasteiger partial charge >= 0.3 is 5.97 Å². The lowest BCUT2D eigenvalue weighted by Crippen LogP contribution is -2.10. The monoisotopic (exact) mass is 386 g/mol. The number of carbonyl (C=O) groups is 1. The molecule has 0 fully saturated rings. The van der Waals surface area contributed by atoms with E-state index in [0.29, 0.717) is 23.6 Å². The SMILES string of the molecule is C=Cc1c(Cl)nc2c(C(=O)OCC)cnn2c1NCc1ccc(OC)cc1. The minimum Gasteiger partial charge on any atom is -0.497 e. The topological polar surface area (TPSA) is 77.8 Å². The maximum absolute atomic E-state index is 12.1. The molecule has 7 nitrogen and oxygen atoms in total. The van der Waals surface area contributed by atoms with E-state index in [1.54, 1.807) is 20.1 Å². The maximum Gasteiger partial charge on any atom is 0.343 e. The van der Waals surface area contributed by atoms with Gasteiger partial charge in [-0.1, -0.05) is 36.4 Å². The van der Waals surface area contributed by atoms with E-state index in [4.69, 9.17) is 21.1 Å². The van der Waals surface area contributed by atoms with E-state index in [1.807, 2.05) is 24.3 Å². The number of halogens is 1. The van der Waals surface area contributed by atoms with Gasteiger partial charge in [0.15, 0.2) is 5.65 Å². The summed E-state index contributed by atoms with van der Waals surface area (Å²) >= 11 is 6.31. The summed E-state index contributed by atoms with van der Waals surface area (Å²) in [5.41, 5.74) is 2.20. The Bertz CT molecular complexity index is 983. The first-order valence-corrected chi connectivity index (χ1v) is 8.70. The van der Waals surface area contributed by atoms with Gasteiger partial charge in [0.05, 0.1) is 25.5 Å². The number of benzene rings is 1. The van der Waals surface area contributed by atoms with E-state index in [9.17, 15) is 4.79 Å². The molecule has 8 heteroatoms. The zero-order valence-corrected chi connectivity index (χ0v) is 15.8. The first kappa shape index (κ1) is 18.7. The third kappa shape index (κ3) is 3.73. The third-order valence-electron chi connectivity index (χ3n) is 3.96. The normalized spacial score (nSPS) is 10.6. The van der Waals surface area contributed by atoms with Crippen LogP contribution in [0.25, 0.3) is 11.7 Å². The summed E-state index contributed by atoms with van der Waals surface area (Å²) in [6.45, 7) is 6.30. The molecule has 0 aliphatic carbocycles. The smallest absolute Gasteiger partial charge is 0.343 e. The average molecular weight is 387 g/mol. The lowest BCUT2D eigenvalue weighted by atomic mass is 10.2. The second-order valence-electron chi connectivity index (χ2n) is 5.58. The highest BCUT2D eigenvalue weighted by molar-refractivity contribution is 6.31. The molecule has 1 aromatic carbocycles. The summed E-state index contributed by atoms with van der Waals surface area (Å²) in [6.07, 6.45) is 3.01. The lowest BCUT2D eigenvalue weighted by Gasteiger charge is -2.13. The van der Waals surface area contributed by atoms with Gasteiger partial charge in [0.1, 0.15) is 22.3 Å². The van der Waals surface area contributed by atoms with Crippen LogP contribution in [0.4, 0.5) is 5.82 Å². The Labute approximate surface area is 161 Å². The Balaban J connectivity index is 1.99. The van der Waals surface area contributed by atoms with Gasteiger partial charge in [0.25, 0.3) is 0 Å². The molecule has 3 rings (SSSR count). The second kappa shape index (κ2) is 8.09. The van der Waals surface area contributed by atoms with Crippen LogP contribution in [0.2, 0.25) is 5.15 Å². The number of esters is 1. The highest BCUT2D eigenvalue weighted by atomic mass is 35.5. The largest absolute Gasteiger partial charge is 0.497 e. The van der Waals surface area contributed by atoms with Gasteiger partial charge in [-0.3, -0.25) is 0 Å². The van der Waals surface area contributed by atoms with Crippen LogP contribution in [0.3, 0.4) is 0 Å². The Hall–Kier alpha value is -3.06. The number of fused-ring (bicyclic) bond motifs is 1. The predicted molar refractivity (Wildman–Crippen MR) is 104 cm³/mol. The van der Waals surface area contributed by atoms with E-state index in [0.717, 1.165) is 11.3 Å². The van der Waals surface area contributed by atoms with Crippen molar-refractivity contribution in [2.24, 2.45) is 0 Å². The fourth-order valence-corrected chi connectivity index (χ4v) is 2.86. The molecule has 1 N–H and O–H groups in total. The molecular weight excluding hydrogens is 368 g/mol. The predicted octanol–water partition coefficient (Wildman–Crippen LogP) is 3.82. The first-order valence-electron chi connectivity index (χ1n) is 8.32. The zero-order chi connectivity index (χ0) is 19.4. The Morgan fingerprint density at radius 1 is 1.37 bits per heavy atom. The number of carbonyl (C=O) groups excluding carboxylic acids is 1. The Morgan fingerprint density at radius 2 is 2.11 bits per heavy atom. The van der Waals surface area contributed by atoms with Crippen LogP contribution in [0.5, 0.6) is 5.75 Å². The number of nitrogens with zero attached hydrogens (tertiary/aromatic N) is 3. The highest BCUT2D eigenvalue weighted by Crippen LogP contribution is 2.27. The number of hydrogen-bond acceptors (Lipinski definition) is 6. The molecule has 140 valence electrons. The third-order valence-corrected chi connectivity index (χ3v) is 4.24. The number of anilines is 1. The number of nitrogens with one attached hydrogen (secondary N) is 1. The van der Waals surface area contributed by atoms with E-state index in [-0.39, 0.29) is 17.3 Å². The maximum atomic E-state index is 12.1. The summed E-state index contributed by atoms with van der Waals surface area (Å²) in [5.74, 6) is 0.876. The van der Waals surface area contributed by atoms with Crippen LogP contribution in [-0.4, -0.2) is 34.3 Å². The summed E-state index contributed by atoms with van der Waals surface area (Å²) < 4.78 is 11.8. The molecular formula is C19H19ClN4O3. The quantitative estimate of drug-likeness (QED) is 0.491. The van der Waals surface area contributed by atoms with E-state index < -0.39 is 5.97 Å². The standard InChI is InChI=1S/C19H19ClN4O3/c1-4-14-16(20)23-18-15(19(25)27-5-2)11-22-24(18)17(14)21-10-12-6-8-13(26-3)9-7-12/h4,6-9,11,21H,1,5,10H2,2-3H3. The van der Waals surface area contributed by atoms with Crippen molar-refractivity contribution in [1.82, 2.24) is 14.6 Å². The first-order chi connectivity index (χ1) is 13.1. The molecule has 27 heavy (non-hydrogen) atoms. The summed E-state index contributed by atoms with van der Waals surface area (Å²) in [4.78, 5) is 16.4. The molecule has 0 unspecified atom stereocenters. The van der Waals surface area contributed by atoms with E-state index in [2.05, 4.69) is 22.0 Å². The molecule has 0 saturated heterocycles. The molecule has 2 heterocycles. The van der Waals surface area contributed by atoms with E-state index in [1.165, 1.54) is 10.7 Å². The van der Waals surface area contributed by atoms with Crippen molar-refractivity contribution in [2.75, 3.05) is 19.0 Å². The van der Waals surface area contributed by atoms with Crippen molar-refractivity contribution in [3.05, 3.63) is 58.9 Å². The summed E-state index contributed by atoms with van der Waals surface area (Å²) in [5, 5.41) is 7.80. The van der Waals surface area contributed by atoms with Crippen molar-refractivity contribution < 1.29 is 14.3 Å². The van der Waals surface area contributed by atoms with Gasteiger partial charge < -0.3 is 14.8 Å². The van der Waals surface area contributed by atoms with Crippen LogP contribution in [0.15, 0.2) is 37.0 Å². The van der Waals surface area contributed by atoms with Crippen molar-refractivity contribution >= 4 is 35.1 Å². The second-order valence-corrected chi connectivity index (χ2v) is 5.94. The number of hydrogen-bond donors (Lipinski definition) is 1. The van der Waals surface area contributed by atoms with Crippen LogP contribution >= 0.6 is 11.6 Å². The average Bonchev–Trinajstić information content (AvgIpc) is 3.10. The van der Waals surface area contributed by atoms with Gasteiger partial charge in [0, 0.05) is 6.54 Å². The number of aromatic nitrogens is 3. The van der Waals surface area contributed by atoms with Crippen LogP contribution in [-0.2, 0) is 11.3 Å². The Morgan fingerprint density at radius 3 is 2.74 bits per heavy atom. The fraction of sp³-hybridized carbons (Fsp3) is 0.211. The molecule has 0 aliphatic heterocycles. The van der Waals surface area contributed by atoms with Gasteiger partial charge in [0.2, 0.25) is 0 Å². The molecule has 3 aromatic rings. The zero-order valence-electron chi connectivity index (χ0n) is 15.0. The fourth-order valence-electron chi connectivity index (χ4n) is 2.61. The lowest BCUT2D eigenvalue weighted by molar-refractivity contribution is 0.0528. The molecule has 0 aliphatic rings. The summed E-state index contributed by atoms with van der Waals surface area (Å²) in [6, 6.07) is 7.67. The molecule has 0 amide bonds.